The lowest BCUT2D eigenvalue weighted by Gasteiger charge is -2.48. The van der Waals surface area contributed by atoms with Gasteiger partial charge < -0.3 is 138 Å². The second kappa shape index (κ2) is 38.5. The summed E-state index contributed by atoms with van der Waals surface area (Å²) >= 11 is 14.3. The number of aliphatic hydroxyl groups excluding tert-OH is 6. The first kappa shape index (κ1) is 92.0. The van der Waals surface area contributed by atoms with Gasteiger partial charge in [0.15, 0.2) is 23.9 Å². The maximum atomic E-state index is 16.3. The van der Waals surface area contributed by atoms with Gasteiger partial charge in [0.1, 0.15) is 101 Å². The van der Waals surface area contributed by atoms with Gasteiger partial charge in [-0.05, 0) is 172 Å². The number of fused-ring (bicyclic) bond motifs is 15. The molecule has 3 saturated heterocycles. The average molecular weight is 1780 g/mol. The maximum absolute atomic E-state index is 16.3. The lowest BCUT2D eigenvalue weighted by Crippen LogP contribution is -2.65. The molecule has 14 rings (SSSR count). The highest BCUT2D eigenvalue weighted by atomic mass is 35.5. The molecule has 22 N–H and O–H groups in total. The zero-order valence-electron chi connectivity index (χ0n) is 66.8. The van der Waals surface area contributed by atoms with Crippen LogP contribution in [-0.4, -0.2) is 228 Å². The minimum atomic E-state index is -4.91. The van der Waals surface area contributed by atoms with Gasteiger partial charge in [0.25, 0.3) is 5.91 Å². The van der Waals surface area contributed by atoms with Gasteiger partial charge >= 0.3 is 12.4 Å². The molecule has 11 bridgehead atoms. The van der Waals surface area contributed by atoms with Crippen LogP contribution in [-0.2, 0) is 52.6 Å². The highest BCUT2D eigenvalue weighted by Crippen LogP contribution is 2.50. The summed E-state index contributed by atoms with van der Waals surface area (Å²) in [6.45, 7) is 6.72. The predicted molar refractivity (Wildman–Crippen MR) is 426 cm³/mol. The number of rotatable bonds is 19. The standard InChI is InChI=1S/C81H93Cl2F3N12O26/c1-33(2)22-47(88-5)71(109)95-62-64(104)37-7-14-51(45(82)24-37)119-53-26-39-27-54(68(53)123-78-69(67(107)66(106)55(32-99)121-78)122-57-31-80(4,70(108)34(3)118-57)89-19-16-35-17-20-98(21-18-35)79(116)90-40-9-11-42(12-10-40)124-81(84,85)86)120-52-15-8-38(25-46(52)83)65(105)63-76(114)94-61(77(115)97-117)44-28-41(100)29-50(102)58(44)43-23-36(6-13-49(43)101)59(73(111)96-63)93-74(112)60(39)92-72(110)48(30-56(87)103)91-75(62)113/h6-15,23-29,33-35,47-48,55,57,59-67,69-70,78,88-89,99-102,104-108,117H,16-22,30-32H2,1-5H3,(H2,87,103)(H,90,116)(H,91,113)(H,92,110)(H,93,112)(H,94,114)(H,95,109)(H,96,111)(H,97,115)/t34-,47+,48-,55+,57-,59+,60?,61+,62+,63-,64+,65+,66+,67-,69+,70+,78-,80-/m0/s1. The van der Waals surface area contributed by atoms with Gasteiger partial charge in [-0.3, -0.25) is 43.6 Å². The molecule has 0 saturated carbocycles. The molecule has 8 aliphatic heterocycles. The predicted octanol–water partition coefficient (Wildman–Crippen LogP) is 3.39. The van der Waals surface area contributed by atoms with Crippen LogP contribution in [0.3, 0.4) is 0 Å². The van der Waals surface area contributed by atoms with E-state index in [1.807, 2.05) is 0 Å². The van der Waals surface area contributed by atoms with Crippen molar-refractivity contribution in [3.8, 4) is 62.9 Å². The number of halogens is 5. The number of aromatic hydroxyl groups is 3. The van der Waals surface area contributed by atoms with Crippen LogP contribution < -0.4 is 78.0 Å². The zero-order chi connectivity index (χ0) is 89.8. The van der Waals surface area contributed by atoms with Crippen molar-refractivity contribution >= 4 is 82.2 Å². The normalized spacial score (nSPS) is 27.1. The number of primary amides is 1. The van der Waals surface area contributed by atoms with Crippen LogP contribution in [0, 0.1) is 11.8 Å². The van der Waals surface area contributed by atoms with E-state index >= 15 is 19.2 Å². The van der Waals surface area contributed by atoms with Crippen molar-refractivity contribution in [2.24, 2.45) is 17.6 Å². The number of carbonyl (C=O) groups is 9. The third-order valence-corrected chi connectivity index (χ3v) is 22.8. The molecule has 0 spiro atoms. The quantitative estimate of drug-likeness (QED) is 0.0408. The molecule has 6 aromatic rings. The molecule has 1 unspecified atom stereocenters. The van der Waals surface area contributed by atoms with E-state index in [4.69, 9.17) is 57.4 Å². The van der Waals surface area contributed by atoms with Crippen molar-refractivity contribution in [1.82, 2.24) is 52.9 Å². The van der Waals surface area contributed by atoms with Crippen molar-refractivity contribution in [2.75, 3.05) is 38.6 Å². The summed E-state index contributed by atoms with van der Waals surface area (Å²) in [5.41, 5.74) is 3.19. The Morgan fingerprint density at radius 3 is 1.94 bits per heavy atom. The van der Waals surface area contributed by atoms with E-state index in [2.05, 4.69) is 52.6 Å². The van der Waals surface area contributed by atoms with Gasteiger partial charge in [-0.15, -0.1) is 13.2 Å². The number of carbonyl (C=O) groups excluding carboxylic acids is 9. The van der Waals surface area contributed by atoms with E-state index in [1.54, 1.807) is 25.7 Å². The molecule has 38 nitrogen and oxygen atoms in total. The fourth-order valence-corrected chi connectivity index (χ4v) is 16.1. The molecule has 6 aromatic carbocycles. The van der Waals surface area contributed by atoms with Gasteiger partial charge in [0, 0.05) is 47.9 Å². The smallest absolute Gasteiger partial charge is 0.508 e. The van der Waals surface area contributed by atoms with Crippen molar-refractivity contribution in [1.29, 1.82) is 0 Å². The Morgan fingerprint density at radius 2 is 1.34 bits per heavy atom. The molecule has 8 aliphatic rings. The summed E-state index contributed by atoms with van der Waals surface area (Å²) in [4.78, 5) is 134. The van der Waals surface area contributed by atoms with Crippen LogP contribution in [0.5, 0.6) is 51.7 Å². The molecular weight excluding hydrogens is 1680 g/mol. The van der Waals surface area contributed by atoms with E-state index < -0.39 is 260 Å². The average Bonchev–Trinajstić information content (AvgIpc) is 0.761. The van der Waals surface area contributed by atoms with E-state index in [0.717, 1.165) is 78.9 Å². The monoisotopic (exact) mass is 1780 g/mol. The third-order valence-electron chi connectivity index (χ3n) is 22.2. The van der Waals surface area contributed by atoms with E-state index in [0.29, 0.717) is 32.4 Å². The Kier molecular flexibility index (Phi) is 28.6. The number of alkyl halides is 3. The number of hydrogen-bond acceptors (Lipinski definition) is 28. The lowest BCUT2D eigenvalue weighted by molar-refractivity contribution is -0.334. The summed E-state index contributed by atoms with van der Waals surface area (Å²) < 4.78 is 81.7. The Hall–Kier alpha value is -11.2. The van der Waals surface area contributed by atoms with Crippen LogP contribution >= 0.6 is 23.2 Å². The molecule has 3 fully saturated rings. The number of amides is 10. The van der Waals surface area contributed by atoms with Gasteiger partial charge in [0.05, 0.1) is 41.3 Å². The second-order valence-electron chi connectivity index (χ2n) is 31.4. The van der Waals surface area contributed by atoms with Crippen LogP contribution in [0.4, 0.5) is 23.7 Å². The highest BCUT2D eigenvalue weighted by Gasteiger charge is 2.53. The third kappa shape index (κ3) is 20.9. The number of phenols is 3. The number of piperidine rings is 1. The van der Waals surface area contributed by atoms with Crippen molar-refractivity contribution in [3.05, 3.63) is 141 Å². The number of ether oxygens (including phenoxy) is 7. The van der Waals surface area contributed by atoms with Crippen LogP contribution in [0.15, 0.2) is 103 Å². The minimum absolute atomic E-state index is 0.0472. The molecule has 668 valence electrons. The summed E-state index contributed by atoms with van der Waals surface area (Å²) in [5.74, 6) is -16.4. The van der Waals surface area contributed by atoms with Crippen LogP contribution in [0.1, 0.15) is 124 Å². The molecule has 0 aromatic heterocycles. The summed E-state index contributed by atoms with van der Waals surface area (Å²) in [6.07, 6.45) is -22.5. The number of anilines is 1. The van der Waals surface area contributed by atoms with Crippen molar-refractivity contribution < 1.29 is 141 Å². The summed E-state index contributed by atoms with van der Waals surface area (Å²) in [5, 5.41) is 139. The number of hydroxylamine groups is 1. The number of likely N-dealkylation sites (tertiary alicyclic amines) is 1. The van der Waals surface area contributed by atoms with Crippen LogP contribution in [0.25, 0.3) is 11.1 Å². The molecule has 0 aliphatic carbocycles. The molecular formula is C81H93Cl2F3N12O26. The van der Waals surface area contributed by atoms with Gasteiger partial charge in [-0.2, -0.15) is 0 Å². The molecule has 0 radical (unpaired) electrons. The first-order chi connectivity index (χ1) is 58.7. The summed E-state index contributed by atoms with van der Waals surface area (Å²) in [7, 11) is 1.46. The number of likely N-dealkylation sites (N-methyl/N-ethyl adjacent to an activating group) is 1. The first-order valence-electron chi connectivity index (χ1n) is 39.3. The van der Waals surface area contributed by atoms with E-state index in [9.17, 15) is 88.3 Å². The van der Waals surface area contributed by atoms with Crippen molar-refractivity contribution in [2.45, 2.75) is 182 Å². The van der Waals surface area contributed by atoms with Gasteiger partial charge in [0.2, 0.25) is 53.4 Å². The molecule has 10 amide bonds. The topological polar surface area (TPSA) is 570 Å². The Balaban J connectivity index is 0.968. The molecule has 18 atom stereocenters. The van der Waals surface area contributed by atoms with Gasteiger partial charge in [-0.25, -0.2) is 10.3 Å². The number of urea groups is 1. The first-order valence-corrected chi connectivity index (χ1v) is 40.0. The number of nitrogens with one attached hydrogen (secondary N) is 10. The second-order valence-corrected chi connectivity index (χ2v) is 32.2. The van der Waals surface area contributed by atoms with E-state index in [1.165, 1.54) is 43.7 Å². The lowest BCUT2D eigenvalue weighted by atomic mass is 9.84. The SMILES string of the molecule is CN[C@H](CC(C)C)C(=O)N[C@H]1C(=O)N[C@@H](CC(N)=O)C(=O)NC2C(=O)N[C@H]3C(=O)N[C@H](C(=O)N[C@@H](C(=O)NO)c4cc(O)cc(O)c4-c4cc3ccc4O)[C@H](O)c3ccc(c(Cl)c3)Oc3cc2cc(c3O[C@@H]2O[C@H](CO)[C@@H](O)[C@H](O)[C@H]2O[C@H]2C[C@](C)(NCCC3CCN(C(=O)Nc4ccc(OC(F)(F)F)cc4)CC3)[C@H](O)[C@H](C)O2)Oc2ccc(cc2Cl)[C@H]1O. The number of hydrogen-bond donors (Lipinski definition) is 21. The number of aliphatic hydroxyl groups is 6. The van der Waals surface area contributed by atoms with E-state index in [-0.39, 0.29) is 59.3 Å². The Morgan fingerprint density at radius 1 is 0.718 bits per heavy atom. The maximum Gasteiger partial charge on any atom is 0.573 e. The number of nitrogens with zero attached hydrogens (tertiary/aromatic N) is 1. The fourth-order valence-electron chi connectivity index (χ4n) is 15.6. The molecule has 124 heavy (non-hydrogen) atoms. The highest BCUT2D eigenvalue weighted by molar-refractivity contribution is 6.32. The fraction of sp³-hybridized carbons (Fsp3) is 0.444. The Bertz CT molecular complexity index is 5020. The Labute approximate surface area is 714 Å². The summed E-state index contributed by atoms with van der Waals surface area (Å²) in [6, 6.07) is 3.26. The minimum Gasteiger partial charge on any atom is -0.508 e. The molecule has 8 heterocycles. The molecule has 43 heteroatoms. The number of nitrogens with two attached hydrogens (primary N) is 1. The largest absolute Gasteiger partial charge is 0.573 e. The zero-order valence-corrected chi connectivity index (χ0v) is 68.3. The number of benzene rings is 6. The van der Waals surface area contributed by atoms with Crippen molar-refractivity contribution in [3.63, 3.8) is 0 Å². The number of phenolic OH excluding ortho intramolecular Hbond substituents is 3. The van der Waals surface area contributed by atoms with Crippen LogP contribution in [0.2, 0.25) is 10.0 Å². The van der Waals surface area contributed by atoms with Gasteiger partial charge in [-0.1, -0.05) is 55.2 Å².